The first kappa shape index (κ1) is 22.8. The molecule has 0 saturated carbocycles. The van der Waals surface area contributed by atoms with E-state index in [1.807, 2.05) is 18.2 Å². The lowest BCUT2D eigenvalue weighted by molar-refractivity contribution is -0.146. The van der Waals surface area contributed by atoms with Gasteiger partial charge in [-0.25, -0.2) is 4.79 Å². The summed E-state index contributed by atoms with van der Waals surface area (Å²) in [6.07, 6.45) is 1.04. The summed E-state index contributed by atoms with van der Waals surface area (Å²) in [7, 11) is 0. The van der Waals surface area contributed by atoms with Gasteiger partial charge < -0.3 is 15.6 Å². The first-order valence-electron chi connectivity index (χ1n) is 9.01. The molecule has 2 aromatic rings. The Hall–Kier alpha value is -2.88. The fraction of sp³-hybridized carbons (Fsp3) is 0.143. The third-order valence-corrected chi connectivity index (χ3v) is 6.06. The van der Waals surface area contributed by atoms with Crippen molar-refractivity contribution in [1.29, 1.82) is 0 Å². The van der Waals surface area contributed by atoms with Gasteiger partial charge in [-0.1, -0.05) is 72.0 Å². The summed E-state index contributed by atoms with van der Waals surface area (Å²) in [5.74, 6) is -2.30. The van der Waals surface area contributed by atoms with Crippen molar-refractivity contribution >= 4 is 63.8 Å². The highest BCUT2D eigenvalue weighted by atomic mass is 35.5. The molecule has 0 aromatic heterocycles. The Morgan fingerprint density at radius 1 is 1.23 bits per heavy atom. The second-order valence-electron chi connectivity index (χ2n) is 6.49. The zero-order valence-electron chi connectivity index (χ0n) is 16.0. The number of amides is 2. The number of rotatable bonds is 8. The lowest BCUT2D eigenvalue weighted by atomic mass is 10.1. The van der Waals surface area contributed by atoms with E-state index in [2.05, 4.69) is 0 Å². The number of aliphatic carboxylic acids is 1. The number of primary amides is 1. The highest BCUT2D eigenvalue weighted by Gasteiger charge is 2.41. The molecule has 0 aliphatic carbocycles. The molecule has 2 aromatic carbocycles. The molecule has 1 heterocycles. The van der Waals surface area contributed by atoms with Gasteiger partial charge in [-0.2, -0.15) is 0 Å². The average molecular weight is 477 g/mol. The van der Waals surface area contributed by atoms with Crippen molar-refractivity contribution in [2.75, 3.05) is 0 Å². The van der Waals surface area contributed by atoms with Crippen LogP contribution in [0.25, 0.3) is 6.08 Å². The van der Waals surface area contributed by atoms with Crippen LogP contribution in [0.1, 0.15) is 17.5 Å². The molecule has 1 aliphatic rings. The molecule has 160 valence electrons. The topological polar surface area (TPSA) is 110 Å². The first-order valence-corrected chi connectivity index (χ1v) is 10.6. The molecule has 7 nitrogen and oxygen atoms in total. The Kier molecular flexibility index (Phi) is 7.32. The fourth-order valence-corrected chi connectivity index (χ4v) is 4.41. The number of hydrogen-bond acceptors (Lipinski definition) is 6. The second-order valence-corrected chi connectivity index (χ2v) is 8.58. The molecule has 1 unspecified atom stereocenters. The van der Waals surface area contributed by atoms with Crippen molar-refractivity contribution in [3.05, 3.63) is 69.6 Å². The van der Waals surface area contributed by atoms with Crippen LogP contribution in [0.15, 0.2) is 53.4 Å². The van der Waals surface area contributed by atoms with Gasteiger partial charge in [-0.3, -0.25) is 14.5 Å². The summed E-state index contributed by atoms with van der Waals surface area (Å²) in [6.45, 7) is 0.227. The molecule has 0 spiro atoms. The van der Waals surface area contributed by atoms with Crippen molar-refractivity contribution in [2.24, 2.45) is 5.73 Å². The van der Waals surface area contributed by atoms with E-state index in [-0.39, 0.29) is 15.8 Å². The maximum atomic E-state index is 12.9. The highest BCUT2D eigenvalue weighted by Crippen LogP contribution is 2.36. The Labute approximate surface area is 192 Å². The first-order chi connectivity index (χ1) is 14.8. The van der Waals surface area contributed by atoms with Crippen molar-refractivity contribution in [3.63, 3.8) is 0 Å². The number of carbonyl (C=O) groups excluding carboxylic acids is 2. The zero-order valence-corrected chi connectivity index (χ0v) is 18.4. The molecule has 1 atom stereocenters. The Morgan fingerprint density at radius 3 is 2.58 bits per heavy atom. The Morgan fingerprint density at radius 2 is 1.90 bits per heavy atom. The van der Waals surface area contributed by atoms with E-state index in [1.54, 1.807) is 36.4 Å². The molecule has 3 N–H and O–H groups in total. The van der Waals surface area contributed by atoms with Crippen LogP contribution >= 0.6 is 35.6 Å². The van der Waals surface area contributed by atoms with E-state index >= 15 is 0 Å². The number of benzene rings is 2. The summed E-state index contributed by atoms with van der Waals surface area (Å²) < 4.78 is 5.93. The van der Waals surface area contributed by atoms with Gasteiger partial charge in [-0.15, -0.1) is 0 Å². The van der Waals surface area contributed by atoms with Crippen LogP contribution in [0, 0.1) is 0 Å². The number of hydrogen-bond donors (Lipinski definition) is 2. The predicted molar refractivity (Wildman–Crippen MR) is 122 cm³/mol. The van der Waals surface area contributed by atoms with Crippen molar-refractivity contribution < 1.29 is 24.2 Å². The van der Waals surface area contributed by atoms with Gasteiger partial charge in [0, 0.05) is 16.1 Å². The number of nitrogens with zero attached hydrogens (tertiary/aromatic N) is 1. The monoisotopic (exact) mass is 476 g/mol. The molecule has 1 fully saturated rings. The maximum absolute atomic E-state index is 12.9. The third kappa shape index (κ3) is 5.43. The molecule has 1 saturated heterocycles. The number of halogens is 1. The molecular weight excluding hydrogens is 460 g/mol. The second kappa shape index (κ2) is 9.95. The van der Waals surface area contributed by atoms with Crippen LogP contribution in [-0.2, 0) is 21.0 Å². The lowest BCUT2D eigenvalue weighted by Gasteiger charge is -2.21. The summed E-state index contributed by atoms with van der Waals surface area (Å²) in [6, 6.07) is 12.9. The zero-order chi connectivity index (χ0) is 22.5. The standard InChI is InChI=1S/C21H17ClN2O5S2/c22-14-7-3-1-6-13(14)11-29-16-8-4-2-5-12(16)9-17-19(26)24(21(30)31-17)15(20(27)28)10-18(23)25/h1-9,15H,10-11H2,(H2,23,25)(H,27,28)/b17-9-. The molecular formula is C21H17ClN2O5S2. The van der Waals surface area contributed by atoms with E-state index in [0.29, 0.717) is 16.3 Å². The highest BCUT2D eigenvalue weighted by molar-refractivity contribution is 8.26. The Balaban J connectivity index is 1.84. The number of thiocarbonyl (C=S) groups is 1. The predicted octanol–water partition coefficient (Wildman–Crippen LogP) is 3.45. The van der Waals surface area contributed by atoms with Crippen LogP contribution in [0.5, 0.6) is 5.75 Å². The lowest BCUT2D eigenvalue weighted by Crippen LogP contribution is -2.46. The van der Waals surface area contributed by atoms with E-state index in [0.717, 1.165) is 22.2 Å². The van der Waals surface area contributed by atoms with E-state index in [1.165, 1.54) is 0 Å². The van der Waals surface area contributed by atoms with Gasteiger partial charge in [0.1, 0.15) is 22.7 Å². The molecule has 3 rings (SSSR count). The van der Waals surface area contributed by atoms with Crippen LogP contribution in [0.2, 0.25) is 5.02 Å². The quantitative estimate of drug-likeness (QED) is 0.443. The fourth-order valence-electron chi connectivity index (χ4n) is 2.87. The SMILES string of the molecule is NC(=O)CC(C(=O)O)N1C(=O)/C(=C/c2ccccc2OCc2ccccc2Cl)SC1=S. The molecule has 10 heteroatoms. The van der Waals surface area contributed by atoms with Gasteiger partial charge >= 0.3 is 5.97 Å². The van der Waals surface area contributed by atoms with Crippen LogP contribution < -0.4 is 10.5 Å². The van der Waals surface area contributed by atoms with Gasteiger partial charge in [0.25, 0.3) is 5.91 Å². The van der Waals surface area contributed by atoms with Gasteiger partial charge in [0.05, 0.1) is 11.3 Å². The molecule has 1 aliphatic heterocycles. The number of carboxylic acids is 1. The number of carbonyl (C=O) groups is 3. The van der Waals surface area contributed by atoms with Crippen LogP contribution in [0.4, 0.5) is 0 Å². The number of carboxylic acid groups (broad SMARTS) is 1. The van der Waals surface area contributed by atoms with Gasteiger partial charge in [-0.05, 0) is 18.2 Å². The number of para-hydroxylation sites is 1. The minimum Gasteiger partial charge on any atom is -0.488 e. The van der Waals surface area contributed by atoms with E-state index in [4.69, 9.17) is 34.3 Å². The molecule has 0 radical (unpaired) electrons. The van der Waals surface area contributed by atoms with Gasteiger partial charge in [0.15, 0.2) is 0 Å². The Bertz CT molecular complexity index is 1090. The number of thioether (sulfide) groups is 1. The normalized spacial score (nSPS) is 15.9. The summed E-state index contributed by atoms with van der Waals surface area (Å²) in [5.41, 5.74) is 6.54. The van der Waals surface area contributed by atoms with Gasteiger partial charge in [0.2, 0.25) is 5.91 Å². The van der Waals surface area contributed by atoms with Crippen LogP contribution in [-0.4, -0.2) is 38.2 Å². The summed E-state index contributed by atoms with van der Waals surface area (Å²) >= 11 is 12.3. The number of ether oxygens (including phenoxy) is 1. The summed E-state index contributed by atoms with van der Waals surface area (Å²) in [5, 5.41) is 10.00. The minimum absolute atomic E-state index is 0.0411. The smallest absolute Gasteiger partial charge is 0.327 e. The molecule has 0 bridgehead atoms. The van der Waals surface area contributed by atoms with Crippen molar-refractivity contribution in [2.45, 2.75) is 19.1 Å². The third-order valence-electron chi connectivity index (χ3n) is 4.36. The molecule has 2 amide bonds. The average Bonchev–Trinajstić information content (AvgIpc) is 2.99. The van der Waals surface area contributed by atoms with Crippen LogP contribution in [0.3, 0.4) is 0 Å². The maximum Gasteiger partial charge on any atom is 0.327 e. The summed E-state index contributed by atoms with van der Waals surface area (Å²) in [4.78, 5) is 36.8. The van der Waals surface area contributed by atoms with E-state index < -0.39 is 30.2 Å². The minimum atomic E-state index is -1.46. The van der Waals surface area contributed by atoms with E-state index in [9.17, 15) is 19.5 Å². The largest absolute Gasteiger partial charge is 0.488 e. The van der Waals surface area contributed by atoms with Crippen molar-refractivity contribution in [1.82, 2.24) is 4.90 Å². The molecule has 31 heavy (non-hydrogen) atoms. The number of nitrogens with two attached hydrogens (primary N) is 1. The van der Waals surface area contributed by atoms with Crippen molar-refractivity contribution in [3.8, 4) is 5.75 Å².